The lowest BCUT2D eigenvalue weighted by Gasteiger charge is -2.30. The van der Waals surface area contributed by atoms with Gasteiger partial charge in [-0.15, -0.1) is 12.4 Å². The van der Waals surface area contributed by atoms with Crippen LogP contribution >= 0.6 is 12.4 Å². The van der Waals surface area contributed by atoms with E-state index < -0.39 is 5.63 Å². The summed E-state index contributed by atoms with van der Waals surface area (Å²) in [7, 11) is 0. The average molecular weight is 366 g/mol. The fraction of sp³-hybridized carbons (Fsp3) is 0.474. The van der Waals surface area contributed by atoms with Crippen molar-refractivity contribution in [2.75, 3.05) is 19.6 Å². The molecule has 2 heterocycles. The minimum Gasteiger partial charge on any atom is -0.508 e. The topological polar surface area (TPSA) is 70.8 Å². The summed E-state index contributed by atoms with van der Waals surface area (Å²) in [5, 5.41) is 10.3. The van der Waals surface area contributed by atoms with Crippen molar-refractivity contribution >= 4 is 29.2 Å². The van der Waals surface area contributed by atoms with Crippen LogP contribution in [-0.4, -0.2) is 35.4 Å². The predicted octanol–water partition coefficient (Wildman–Crippen LogP) is 3.53. The molecule has 1 unspecified atom stereocenters. The number of ketones is 1. The lowest BCUT2D eigenvalue weighted by atomic mass is 9.99. The maximum atomic E-state index is 12.5. The molecular formula is C19H24ClNO4. The van der Waals surface area contributed by atoms with Gasteiger partial charge in [-0.1, -0.05) is 6.92 Å². The summed E-state index contributed by atoms with van der Waals surface area (Å²) in [6.07, 6.45) is 2.72. The quantitative estimate of drug-likeness (QED) is 0.663. The molecule has 5 nitrogen and oxygen atoms in total. The number of hydrogen-bond donors (Lipinski definition) is 1. The number of benzene rings is 1. The average Bonchev–Trinajstić information content (AvgIpc) is 2.52. The van der Waals surface area contributed by atoms with Gasteiger partial charge in [0.05, 0.1) is 0 Å². The molecule has 1 fully saturated rings. The summed E-state index contributed by atoms with van der Waals surface area (Å²) in [4.78, 5) is 26.9. The number of likely N-dealkylation sites (tertiary alicyclic amines) is 1. The van der Waals surface area contributed by atoms with E-state index >= 15 is 0 Å². The first kappa shape index (κ1) is 19.5. The number of fused-ring (bicyclic) bond motifs is 1. The first-order chi connectivity index (χ1) is 11.4. The number of rotatable bonds is 4. The Morgan fingerprint density at radius 2 is 2.12 bits per heavy atom. The molecule has 25 heavy (non-hydrogen) atoms. The molecule has 0 spiro atoms. The van der Waals surface area contributed by atoms with Crippen molar-refractivity contribution in [2.24, 2.45) is 5.92 Å². The van der Waals surface area contributed by atoms with Crippen molar-refractivity contribution < 1.29 is 14.3 Å². The molecule has 0 bridgehead atoms. The Labute approximate surface area is 153 Å². The van der Waals surface area contributed by atoms with Crippen LogP contribution in [0.4, 0.5) is 0 Å². The maximum absolute atomic E-state index is 12.5. The Morgan fingerprint density at radius 1 is 1.36 bits per heavy atom. The molecule has 0 saturated carbocycles. The van der Waals surface area contributed by atoms with Crippen molar-refractivity contribution in [3.63, 3.8) is 0 Å². The molecule has 1 aliphatic rings. The third kappa shape index (κ3) is 4.41. The normalized spacial score (nSPS) is 18.1. The summed E-state index contributed by atoms with van der Waals surface area (Å²) >= 11 is 0. The number of phenolic OH excluding ortho intramolecular Hbond substituents is 1. The number of piperidine rings is 1. The standard InChI is InChI=1S/C19H23NO4.ClH/c1-12-4-3-6-20(11-12)7-5-17(22)16-10-15-13(2)8-14(21)9-18(15)24-19(16)23;/h8-10,12,21H,3-7,11H2,1-2H3;1H. The van der Waals surface area contributed by atoms with Gasteiger partial charge in [-0.2, -0.15) is 0 Å². The molecule has 1 saturated heterocycles. The Morgan fingerprint density at radius 3 is 2.84 bits per heavy atom. The van der Waals surface area contributed by atoms with Crippen LogP contribution in [-0.2, 0) is 0 Å². The summed E-state index contributed by atoms with van der Waals surface area (Å²) in [5.74, 6) is 0.521. The van der Waals surface area contributed by atoms with E-state index in [2.05, 4.69) is 11.8 Å². The van der Waals surface area contributed by atoms with Gasteiger partial charge in [-0.3, -0.25) is 4.79 Å². The number of carbonyl (C=O) groups excluding carboxylic acids is 1. The monoisotopic (exact) mass is 365 g/mol. The first-order valence-corrected chi connectivity index (χ1v) is 8.47. The van der Waals surface area contributed by atoms with Crippen molar-refractivity contribution in [3.05, 3.63) is 39.7 Å². The van der Waals surface area contributed by atoms with Gasteiger partial charge >= 0.3 is 5.63 Å². The maximum Gasteiger partial charge on any atom is 0.347 e. The number of carbonyl (C=O) groups is 1. The van der Waals surface area contributed by atoms with Gasteiger partial charge in [-0.25, -0.2) is 4.79 Å². The second-order valence-electron chi connectivity index (χ2n) is 6.84. The van der Waals surface area contributed by atoms with Gasteiger partial charge in [0, 0.05) is 31.0 Å². The van der Waals surface area contributed by atoms with Gasteiger partial charge in [-0.05, 0) is 49.9 Å². The first-order valence-electron chi connectivity index (χ1n) is 8.47. The Bertz CT molecular complexity index is 830. The molecule has 1 N–H and O–H groups in total. The van der Waals surface area contributed by atoms with E-state index in [0.717, 1.165) is 25.1 Å². The summed E-state index contributed by atoms with van der Waals surface area (Å²) in [6, 6.07) is 4.58. The highest BCUT2D eigenvalue weighted by Gasteiger charge is 2.19. The predicted molar refractivity (Wildman–Crippen MR) is 99.9 cm³/mol. The second kappa shape index (κ2) is 8.02. The number of aryl methyl sites for hydroxylation is 1. The van der Waals surface area contributed by atoms with Crippen LogP contribution in [0, 0.1) is 12.8 Å². The van der Waals surface area contributed by atoms with Crippen LogP contribution in [0.2, 0.25) is 0 Å². The highest BCUT2D eigenvalue weighted by atomic mass is 35.5. The highest BCUT2D eigenvalue weighted by molar-refractivity contribution is 5.98. The number of halogens is 1. The Kier molecular flexibility index (Phi) is 6.25. The minimum atomic E-state index is -0.635. The van der Waals surface area contributed by atoms with E-state index in [-0.39, 0.29) is 29.5 Å². The molecule has 0 amide bonds. The van der Waals surface area contributed by atoms with E-state index in [0.29, 0.717) is 29.9 Å². The van der Waals surface area contributed by atoms with Crippen LogP contribution in [0.3, 0.4) is 0 Å². The minimum absolute atomic E-state index is 0. The molecule has 136 valence electrons. The van der Waals surface area contributed by atoms with Crippen molar-refractivity contribution in [1.82, 2.24) is 4.90 Å². The molecule has 0 aliphatic carbocycles. The molecular weight excluding hydrogens is 342 g/mol. The van der Waals surface area contributed by atoms with Gasteiger partial charge in [0.2, 0.25) is 0 Å². The third-order valence-electron chi connectivity index (χ3n) is 4.74. The molecule has 1 atom stereocenters. The molecule has 6 heteroatoms. The lowest BCUT2D eigenvalue weighted by molar-refractivity contribution is 0.0945. The Hall–Kier alpha value is -1.85. The summed E-state index contributed by atoms with van der Waals surface area (Å²) in [5.41, 5.74) is 0.539. The van der Waals surface area contributed by atoms with Crippen molar-refractivity contribution in [1.29, 1.82) is 0 Å². The van der Waals surface area contributed by atoms with Crippen LogP contribution in [0.5, 0.6) is 5.75 Å². The number of aromatic hydroxyl groups is 1. The van der Waals surface area contributed by atoms with Crippen LogP contribution in [0.15, 0.2) is 27.4 Å². The second-order valence-corrected chi connectivity index (χ2v) is 6.84. The molecule has 1 aromatic carbocycles. The zero-order valence-corrected chi connectivity index (χ0v) is 15.4. The zero-order chi connectivity index (χ0) is 17.3. The van der Waals surface area contributed by atoms with Crippen LogP contribution in [0.25, 0.3) is 11.0 Å². The molecule has 3 rings (SSSR count). The van der Waals surface area contributed by atoms with Crippen molar-refractivity contribution in [2.45, 2.75) is 33.1 Å². The third-order valence-corrected chi connectivity index (χ3v) is 4.74. The van der Waals surface area contributed by atoms with E-state index in [1.807, 2.05) is 6.92 Å². The van der Waals surface area contributed by atoms with Gasteiger partial charge < -0.3 is 14.4 Å². The fourth-order valence-corrected chi connectivity index (χ4v) is 3.45. The summed E-state index contributed by atoms with van der Waals surface area (Å²) < 4.78 is 5.23. The molecule has 2 aromatic rings. The number of hydrogen-bond acceptors (Lipinski definition) is 5. The largest absolute Gasteiger partial charge is 0.508 e. The van der Waals surface area contributed by atoms with E-state index in [4.69, 9.17) is 4.42 Å². The van der Waals surface area contributed by atoms with E-state index in [1.54, 1.807) is 12.1 Å². The SMILES string of the molecule is Cc1cc(O)cc2oc(=O)c(C(=O)CCN3CCCC(C)C3)cc12.Cl. The molecule has 1 aliphatic heterocycles. The molecule has 1 aromatic heterocycles. The fourth-order valence-electron chi connectivity index (χ4n) is 3.45. The van der Waals surface area contributed by atoms with Crippen LogP contribution in [0.1, 0.15) is 42.1 Å². The van der Waals surface area contributed by atoms with Crippen LogP contribution < -0.4 is 5.63 Å². The lowest BCUT2D eigenvalue weighted by Crippen LogP contribution is -2.36. The summed E-state index contributed by atoms with van der Waals surface area (Å²) in [6.45, 7) is 6.74. The zero-order valence-electron chi connectivity index (χ0n) is 14.6. The van der Waals surface area contributed by atoms with Gasteiger partial charge in [0.15, 0.2) is 5.78 Å². The Balaban J connectivity index is 0.00000225. The molecule has 0 radical (unpaired) electrons. The van der Waals surface area contributed by atoms with Gasteiger partial charge in [0.25, 0.3) is 0 Å². The van der Waals surface area contributed by atoms with Gasteiger partial charge in [0.1, 0.15) is 16.9 Å². The number of Topliss-reactive ketones (excluding diaryl/α,β-unsaturated/α-hetero) is 1. The van der Waals surface area contributed by atoms with E-state index in [9.17, 15) is 14.7 Å². The van der Waals surface area contributed by atoms with E-state index in [1.165, 1.54) is 12.5 Å². The number of nitrogens with zero attached hydrogens (tertiary/aromatic N) is 1. The van der Waals surface area contributed by atoms with Crippen molar-refractivity contribution in [3.8, 4) is 5.75 Å². The number of phenols is 1. The smallest absolute Gasteiger partial charge is 0.347 e. The highest BCUT2D eigenvalue weighted by Crippen LogP contribution is 2.24.